The van der Waals surface area contributed by atoms with Crippen LogP contribution in [0, 0.1) is 6.92 Å². The third-order valence-corrected chi connectivity index (χ3v) is 5.92. The Morgan fingerprint density at radius 1 is 1.00 bits per heavy atom. The topological polar surface area (TPSA) is 102 Å². The number of benzene rings is 3. The first kappa shape index (κ1) is 25.1. The summed E-state index contributed by atoms with van der Waals surface area (Å²) in [5.41, 5.74) is 4.38. The van der Waals surface area contributed by atoms with E-state index in [0.717, 1.165) is 22.6 Å². The smallest absolute Gasteiger partial charge is 0.277 e. The number of aromatic nitrogens is 2. The molecule has 4 rings (SSSR count). The first-order chi connectivity index (χ1) is 17.5. The van der Waals surface area contributed by atoms with E-state index >= 15 is 0 Å². The van der Waals surface area contributed by atoms with Crippen molar-refractivity contribution in [3.63, 3.8) is 0 Å². The highest BCUT2D eigenvalue weighted by Gasteiger charge is 2.13. The molecule has 36 heavy (non-hydrogen) atoms. The molecule has 1 amide bonds. The number of hydrogen-bond acceptors (Lipinski definition) is 8. The Labute approximate surface area is 214 Å². The second-order valence-corrected chi connectivity index (χ2v) is 9.29. The minimum atomic E-state index is -0.184. The van der Waals surface area contributed by atoms with Gasteiger partial charge in [0.15, 0.2) is 6.61 Å². The monoisotopic (exact) mass is 501 g/mol. The SMILES string of the molecule is Cc1ccc(C(C)C)c(OCc2nnc(SCC(=O)Nc3ccc(N=Nc4ccccc4)cc3)o2)c1. The summed E-state index contributed by atoms with van der Waals surface area (Å²) in [6.45, 7) is 6.43. The first-order valence-corrected chi connectivity index (χ1v) is 12.5. The van der Waals surface area contributed by atoms with Gasteiger partial charge in [-0.1, -0.05) is 55.9 Å². The maximum atomic E-state index is 12.3. The predicted molar refractivity (Wildman–Crippen MR) is 140 cm³/mol. The molecule has 0 aliphatic rings. The van der Waals surface area contributed by atoms with Crippen molar-refractivity contribution in [3.05, 3.63) is 89.8 Å². The van der Waals surface area contributed by atoms with Crippen molar-refractivity contribution in [1.29, 1.82) is 0 Å². The van der Waals surface area contributed by atoms with Gasteiger partial charge < -0.3 is 14.5 Å². The zero-order chi connectivity index (χ0) is 25.3. The molecule has 0 fully saturated rings. The number of amides is 1. The van der Waals surface area contributed by atoms with Crippen LogP contribution < -0.4 is 10.1 Å². The van der Waals surface area contributed by atoms with Crippen LogP contribution in [0.4, 0.5) is 17.1 Å². The number of azo groups is 1. The Morgan fingerprint density at radius 2 is 1.72 bits per heavy atom. The van der Waals surface area contributed by atoms with Gasteiger partial charge in [0.2, 0.25) is 5.91 Å². The van der Waals surface area contributed by atoms with Crippen LogP contribution in [0.5, 0.6) is 5.75 Å². The molecule has 4 aromatic rings. The summed E-state index contributed by atoms with van der Waals surface area (Å²) in [5, 5.41) is 19.6. The Hall–Kier alpha value is -3.98. The zero-order valence-corrected chi connectivity index (χ0v) is 21.2. The van der Waals surface area contributed by atoms with Gasteiger partial charge in [0.05, 0.1) is 17.1 Å². The van der Waals surface area contributed by atoms with Crippen molar-refractivity contribution in [2.24, 2.45) is 10.2 Å². The number of thioether (sulfide) groups is 1. The number of rotatable bonds is 10. The predicted octanol–water partition coefficient (Wildman–Crippen LogP) is 7.23. The lowest BCUT2D eigenvalue weighted by Crippen LogP contribution is -2.13. The van der Waals surface area contributed by atoms with Gasteiger partial charge in [-0.15, -0.1) is 10.2 Å². The number of ether oxygens (including phenoxy) is 1. The highest BCUT2D eigenvalue weighted by molar-refractivity contribution is 7.99. The number of carbonyl (C=O) groups is 1. The van der Waals surface area contributed by atoms with Crippen LogP contribution in [0.25, 0.3) is 0 Å². The fraction of sp³-hybridized carbons (Fsp3) is 0.222. The van der Waals surface area contributed by atoms with Gasteiger partial charge >= 0.3 is 0 Å². The number of aryl methyl sites for hydroxylation is 1. The molecular formula is C27H27N5O3S. The van der Waals surface area contributed by atoms with E-state index in [9.17, 15) is 4.79 Å². The van der Waals surface area contributed by atoms with E-state index in [1.165, 1.54) is 11.8 Å². The number of carbonyl (C=O) groups excluding carboxylic acids is 1. The fourth-order valence-corrected chi connectivity index (χ4v) is 3.86. The van der Waals surface area contributed by atoms with Gasteiger partial charge in [-0.25, -0.2) is 0 Å². The van der Waals surface area contributed by atoms with E-state index in [4.69, 9.17) is 9.15 Å². The van der Waals surface area contributed by atoms with Gasteiger partial charge in [0.25, 0.3) is 11.1 Å². The van der Waals surface area contributed by atoms with Gasteiger partial charge in [-0.3, -0.25) is 4.79 Å². The molecule has 0 aliphatic carbocycles. The fourth-order valence-electron chi connectivity index (χ4n) is 3.28. The van der Waals surface area contributed by atoms with E-state index in [-0.39, 0.29) is 18.3 Å². The Bertz CT molecular complexity index is 1320. The molecule has 0 radical (unpaired) electrons. The van der Waals surface area contributed by atoms with Crippen molar-refractivity contribution in [3.8, 4) is 5.75 Å². The third kappa shape index (κ3) is 7.26. The van der Waals surface area contributed by atoms with Crippen LogP contribution in [-0.2, 0) is 11.4 Å². The van der Waals surface area contributed by atoms with Gasteiger partial charge in [0, 0.05) is 5.69 Å². The summed E-state index contributed by atoms with van der Waals surface area (Å²) in [5.74, 6) is 1.45. The second kappa shape index (κ2) is 12.1. The van der Waals surface area contributed by atoms with Crippen LogP contribution in [-0.4, -0.2) is 21.9 Å². The quantitative estimate of drug-likeness (QED) is 0.182. The molecule has 0 bridgehead atoms. The van der Waals surface area contributed by atoms with E-state index in [2.05, 4.69) is 51.7 Å². The van der Waals surface area contributed by atoms with Crippen molar-refractivity contribution in [1.82, 2.24) is 10.2 Å². The zero-order valence-electron chi connectivity index (χ0n) is 20.3. The number of nitrogens with zero attached hydrogens (tertiary/aromatic N) is 4. The highest BCUT2D eigenvalue weighted by Crippen LogP contribution is 2.28. The van der Waals surface area contributed by atoms with Crippen LogP contribution in [0.2, 0.25) is 0 Å². The van der Waals surface area contributed by atoms with Crippen LogP contribution in [0.1, 0.15) is 36.8 Å². The van der Waals surface area contributed by atoms with Gasteiger partial charge in [-0.2, -0.15) is 10.2 Å². The molecule has 0 saturated carbocycles. The molecule has 8 nitrogen and oxygen atoms in total. The summed E-state index contributed by atoms with van der Waals surface area (Å²) in [7, 11) is 0. The van der Waals surface area contributed by atoms with E-state index in [0.29, 0.717) is 28.4 Å². The minimum Gasteiger partial charge on any atom is -0.484 e. The van der Waals surface area contributed by atoms with E-state index in [1.54, 1.807) is 24.3 Å². The summed E-state index contributed by atoms with van der Waals surface area (Å²) in [6, 6.07) is 22.8. The number of anilines is 1. The molecule has 9 heteroatoms. The number of hydrogen-bond donors (Lipinski definition) is 1. The van der Waals surface area contributed by atoms with E-state index < -0.39 is 0 Å². The maximum Gasteiger partial charge on any atom is 0.277 e. The third-order valence-electron chi connectivity index (χ3n) is 5.11. The highest BCUT2D eigenvalue weighted by atomic mass is 32.2. The van der Waals surface area contributed by atoms with Gasteiger partial charge in [-0.05, 0) is 66.4 Å². The molecule has 0 atom stereocenters. The molecule has 0 aliphatic heterocycles. The molecule has 0 spiro atoms. The minimum absolute atomic E-state index is 0.132. The van der Waals surface area contributed by atoms with E-state index in [1.807, 2.05) is 43.3 Å². The Balaban J connectivity index is 1.24. The molecule has 0 saturated heterocycles. The van der Waals surface area contributed by atoms with Crippen LogP contribution >= 0.6 is 11.8 Å². The van der Waals surface area contributed by atoms with Crippen molar-refractivity contribution in [2.45, 2.75) is 38.5 Å². The van der Waals surface area contributed by atoms with Crippen LogP contribution in [0.15, 0.2) is 92.7 Å². The summed E-state index contributed by atoms with van der Waals surface area (Å²) in [6.07, 6.45) is 0. The molecule has 0 unspecified atom stereocenters. The first-order valence-electron chi connectivity index (χ1n) is 11.5. The standard InChI is InChI=1S/C27H27N5O3S/c1-18(2)23-14-9-19(3)15-24(23)34-16-26-31-32-27(35-26)36-17-25(33)28-20-10-12-22(13-11-20)30-29-21-7-5-4-6-8-21/h4-15,18H,16-17H2,1-3H3,(H,28,33). The summed E-state index contributed by atoms with van der Waals surface area (Å²) in [4.78, 5) is 12.3. The normalized spacial score (nSPS) is 11.2. The molecule has 184 valence electrons. The lowest BCUT2D eigenvalue weighted by atomic mass is 10.0. The molecular weight excluding hydrogens is 474 g/mol. The van der Waals surface area contributed by atoms with Crippen molar-refractivity contribution < 1.29 is 13.9 Å². The Kier molecular flexibility index (Phi) is 8.46. The number of nitrogens with one attached hydrogen (secondary N) is 1. The average molecular weight is 502 g/mol. The molecule has 1 heterocycles. The summed E-state index contributed by atoms with van der Waals surface area (Å²) < 4.78 is 11.6. The van der Waals surface area contributed by atoms with Crippen LogP contribution in [0.3, 0.4) is 0 Å². The lowest BCUT2D eigenvalue weighted by molar-refractivity contribution is -0.113. The molecule has 3 aromatic carbocycles. The largest absolute Gasteiger partial charge is 0.484 e. The maximum absolute atomic E-state index is 12.3. The summed E-state index contributed by atoms with van der Waals surface area (Å²) >= 11 is 1.17. The lowest BCUT2D eigenvalue weighted by Gasteiger charge is -2.13. The molecule has 1 aromatic heterocycles. The second-order valence-electron chi connectivity index (χ2n) is 8.37. The van der Waals surface area contributed by atoms with Gasteiger partial charge in [0.1, 0.15) is 5.75 Å². The molecule has 1 N–H and O–H groups in total. The van der Waals surface area contributed by atoms with Crippen molar-refractivity contribution >= 4 is 34.7 Å². The average Bonchev–Trinajstić information content (AvgIpc) is 3.34. The van der Waals surface area contributed by atoms with Crippen molar-refractivity contribution in [2.75, 3.05) is 11.1 Å². The Morgan fingerprint density at radius 3 is 2.44 bits per heavy atom.